The molecule has 0 spiro atoms. The SMILES string of the molecule is CCC1N(c2ccc(C(F)(F)F)cc2F)CCC1(C)CC(C)C. The van der Waals surface area contributed by atoms with Crippen LogP contribution in [0.15, 0.2) is 18.2 Å². The van der Waals surface area contributed by atoms with Gasteiger partial charge in [0.25, 0.3) is 0 Å². The molecule has 0 radical (unpaired) electrons. The van der Waals surface area contributed by atoms with Gasteiger partial charge < -0.3 is 4.90 Å². The van der Waals surface area contributed by atoms with E-state index in [9.17, 15) is 17.6 Å². The third-order valence-electron chi connectivity index (χ3n) is 4.95. The Hall–Kier alpha value is -1.26. The first-order chi connectivity index (χ1) is 10.6. The number of halogens is 4. The van der Waals surface area contributed by atoms with Crippen LogP contribution in [0.4, 0.5) is 23.2 Å². The zero-order valence-electron chi connectivity index (χ0n) is 14.2. The lowest BCUT2D eigenvalue weighted by molar-refractivity contribution is -0.137. The van der Waals surface area contributed by atoms with Gasteiger partial charge in [0.1, 0.15) is 5.82 Å². The quantitative estimate of drug-likeness (QED) is 0.622. The third-order valence-corrected chi connectivity index (χ3v) is 4.95. The summed E-state index contributed by atoms with van der Waals surface area (Å²) in [4.78, 5) is 1.96. The predicted molar refractivity (Wildman–Crippen MR) is 85.0 cm³/mol. The maximum absolute atomic E-state index is 14.3. The first-order valence-corrected chi connectivity index (χ1v) is 8.22. The maximum atomic E-state index is 14.3. The molecule has 0 aromatic heterocycles. The van der Waals surface area contributed by atoms with Crippen molar-refractivity contribution in [2.45, 2.75) is 59.2 Å². The van der Waals surface area contributed by atoms with Gasteiger partial charge in [-0.05, 0) is 48.8 Å². The highest BCUT2D eigenvalue weighted by Gasteiger charge is 2.44. The van der Waals surface area contributed by atoms with Crippen LogP contribution in [0.1, 0.15) is 52.5 Å². The molecule has 1 saturated heterocycles. The van der Waals surface area contributed by atoms with Crippen molar-refractivity contribution in [3.8, 4) is 0 Å². The Labute approximate surface area is 135 Å². The Morgan fingerprint density at radius 2 is 1.96 bits per heavy atom. The molecule has 2 unspecified atom stereocenters. The van der Waals surface area contributed by atoms with Crippen LogP contribution in [0.5, 0.6) is 0 Å². The van der Waals surface area contributed by atoms with Crippen molar-refractivity contribution in [2.75, 3.05) is 11.4 Å². The first-order valence-electron chi connectivity index (χ1n) is 8.22. The molecule has 0 saturated carbocycles. The first kappa shape index (κ1) is 18.1. The van der Waals surface area contributed by atoms with Crippen LogP contribution >= 0.6 is 0 Å². The highest BCUT2D eigenvalue weighted by atomic mass is 19.4. The van der Waals surface area contributed by atoms with Crippen molar-refractivity contribution < 1.29 is 17.6 Å². The Balaban J connectivity index is 2.32. The summed E-state index contributed by atoms with van der Waals surface area (Å²) in [5.74, 6) is -0.251. The van der Waals surface area contributed by atoms with Gasteiger partial charge in [0, 0.05) is 12.6 Å². The molecule has 130 valence electrons. The minimum Gasteiger partial charge on any atom is -0.366 e. The number of hydrogen-bond acceptors (Lipinski definition) is 1. The second-order valence-corrected chi connectivity index (χ2v) is 7.28. The molecule has 5 heteroatoms. The van der Waals surface area contributed by atoms with Gasteiger partial charge in [0.2, 0.25) is 0 Å². The van der Waals surface area contributed by atoms with Crippen molar-refractivity contribution in [1.82, 2.24) is 0 Å². The van der Waals surface area contributed by atoms with Crippen molar-refractivity contribution in [1.29, 1.82) is 0 Å². The van der Waals surface area contributed by atoms with Crippen molar-refractivity contribution in [3.63, 3.8) is 0 Å². The fraction of sp³-hybridized carbons (Fsp3) is 0.667. The van der Waals surface area contributed by atoms with Gasteiger partial charge in [-0.15, -0.1) is 0 Å². The monoisotopic (exact) mass is 331 g/mol. The van der Waals surface area contributed by atoms with E-state index in [0.717, 1.165) is 25.3 Å². The van der Waals surface area contributed by atoms with Gasteiger partial charge in [0.15, 0.2) is 0 Å². The van der Waals surface area contributed by atoms with Crippen LogP contribution < -0.4 is 4.90 Å². The molecule has 1 aromatic rings. The molecule has 1 aliphatic heterocycles. The molecule has 0 aliphatic carbocycles. The van der Waals surface area contributed by atoms with E-state index in [2.05, 4.69) is 27.7 Å². The summed E-state index contributed by atoms with van der Waals surface area (Å²) in [7, 11) is 0. The van der Waals surface area contributed by atoms with E-state index in [1.165, 1.54) is 6.07 Å². The van der Waals surface area contributed by atoms with Crippen LogP contribution in [0.3, 0.4) is 0 Å². The van der Waals surface area contributed by atoms with E-state index in [-0.39, 0.29) is 17.1 Å². The van der Waals surface area contributed by atoms with E-state index in [0.29, 0.717) is 18.5 Å². The summed E-state index contributed by atoms with van der Waals surface area (Å²) >= 11 is 0. The average molecular weight is 331 g/mol. The lowest BCUT2D eigenvalue weighted by Crippen LogP contribution is -2.38. The minimum absolute atomic E-state index is 0.0675. The average Bonchev–Trinajstić information content (AvgIpc) is 2.73. The van der Waals surface area contributed by atoms with Gasteiger partial charge in [-0.2, -0.15) is 13.2 Å². The Morgan fingerprint density at radius 1 is 1.30 bits per heavy atom. The van der Waals surface area contributed by atoms with Crippen LogP contribution in [-0.4, -0.2) is 12.6 Å². The number of hydrogen-bond donors (Lipinski definition) is 0. The largest absolute Gasteiger partial charge is 0.416 e. The summed E-state index contributed by atoms with van der Waals surface area (Å²) < 4.78 is 52.4. The molecular weight excluding hydrogens is 306 g/mol. The van der Waals surface area contributed by atoms with Gasteiger partial charge in [-0.3, -0.25) is 0 Å². The van der Waals surface area contributed by atoms with E-state index in [1.54, 1.807) is 0 Å². The molecule has 1 nitrogen and oxygen atoms in total. The minimum atomic E-state index is -4.51. The Kier molecular flexibility index (Phi) is 4.97. The van der Waals surface area contributed by atoms with Crippen molar-refractivity contribution >= 4 is 5.69 Å². The van der Waals surface area contributed by atoms with Gasteiger partial charge in [-0.25, -0.2) is 4.39 Å². The number of nitrogens with zero attached hydrogens (tertiary/aromatic N) is 1. The smallest absolute Gasteiger partial charge is 0.366 e. The summed E-state index contributed by atoms with van der Waals surface area (Å²) in [5, 5.41) is 0. The molecule has 1 aromatic carbocycles. The summed E-state index contributed by atoms with van der Waals surface area (Å²) in [6.45, 7) is 9.29. The number of alkyl halides is 3. The zero-order chi connectivity index (χ0) is 17.4. The molecule has 1 fully saturated rings. The maximum Gasteiger partial charge on any atom is 0.416 e. The lowest BCUT2D eigenvalue weighted by atomic mass is 9.75. The summed E-state index contributed by atoms with van der Waals surface area (Å²) in [6.07, 6.45) is -1.70. The molecule has 2 atom stereocenters. The Morgan fingerprint density at radius 3 is 2.43 bits per heavy atom. The number of benzene rings is 1. The number of rotatable bonds is 4. The summed E-state index contributed by atoms with van der Waals surface area (Å²) in [6, 6.07) is 3.02. The third kappa shape index (κ3) is 3.64. The standard InChI is InChI=1S/C18H25F4N/c1-5-16-17(4,11-12(2)3)8-9-23(16)15-7-6-13(10-14(15)19)18(20,21)22/h6-7,10,12,16H,5,8-9,11H2,1-4H3. The molecule has 0 amide bonds. The lowest BCUT2D eigenvalue weighted by Gasteiger charge is -2.37. The van der Waals surface area contributed by atoms with E-state index in [1.807, 2.05) is 4.90 Å². The van der Waals surface area contributed by atoms with Gasteiger partial charge >= 0.3 is 6.18 Å². The normalized spacial score (nSPS) is 25.4. The van der Waals surface area contributed by atoms with Crippen LogP contribution in [-0.2, 0) is 6.18 Å². The summed E-state index contributed by atoms with van der Waals surface area (Å²) in [5.41, 5.74) is -0.578. The number of anilines is 1. The van der Waals surface area contributed by atoms with Crippen LogP contribution in [0.2, 0.25) is 0 Å². The van der Waals surface area contributed by atoms with Gasteiger partial charge in [0.05, 0.1) is 11.3 Å². The molecule has 0 bridgehead atoms. The molecule has 2 rings (SSSR count). The van der Waals surface area contributed by atoms with E-state index < -0.39 is 17.6 Å². The second-order valence-electron chi connectivity index (χ2n) is 7.28. The van der Waals surface area contributed by atoms with Gasteiger partial charge in [-0.1, -0.05) is 27.7 Å². The highest BCUT2D eigenvalue weighted by molar-refractivity contribution is 5.52. The van der Waals surface area contributed by atoms with Crippen LogP contribution in [0.25, 0.3) is 0 Å². The topological polar surface area (TPSA) is 3.24 Å². The van der Waals surface area contributed by atoms with Crippen LogP contribution in [0, 0.1) is 17.2 Å². The van der Waals surface area contributed by atoms with Crippen molar-refractivity contribution in [3.05, 3.63) is 29.6 Å². The molecule has 1 heterocycles. The second kappa shape index (κ2) is 6.33. The molecule has 0 N–H and O–H groups in total. The molecule has 1 aliphatic rings. The highest BCUT2D eigenvalue weighted by Crippen LogP contribution is 2.46. The predicted octanol–water partition coefficient (Wildman–Crippen LogP) is 5.89. The zero-order valence-corrected chi connectivity index (χ0v) is 14.2. The van der Waals surface area contributed by atoms with E-state index in [4.69, 9.17) is 0 Å². The molecule has 23 heavy (non-hydrogen) atoms. The fourth-order valence-corrected chi connectivity index (χ4v) is 4.16. The fourth-order valence-electron chi connectivity index (χ4n) is 4.16. The Bertz CT molecular complexity index is 552. The van der Waals surface area contributed by atoms with Crippen molar-refractivity contribution in [2.24, 2.45) is 11.3 Å². The van der Waals surface area contributed by atoms with E-state index >= 15 is 0 Å². The molecular formula is C18H25F4N.